The van der Waals surface area contributed by atoms with E-state index in [0.29, 0.717) is 18.6 Å². The quantitative estimate of drug-likeness (QED) is 0.821. The Balaban J connectivity index is 1.47. The summed E-state index contributed by atoms with van der Waals surface area (Å²) >= 11 is 0. The summed E-state index contributed by atoms with van der Waals surface area (Å²) in [5.41, 5.74) is 1.19. The zero-order valence-corrected chi connectivity index (χ0v) is 13.2. The maximum Gasteiger partial charge on any atom is 0.329 e. The minimum absolute atomic E-state index is 0.134. The van der Waals surface area contributed by atoms with Gasteiger partial charge >= 0.3 is 5.97 Å². The molecule has 1 aliphatic rings. The third-order valence-corrected chi connectivity index (χ3v) is 4.10. The molecule has 0 unspecified atom stereocenters. The van der Waals surface area contributed by atoms with Crippen LogP contribution in [0.2, 0.25) is 0 Å². The van der Waals surface area contributed by atoms with Gasteiger partial charge in [0.05, 0.1) is 13.0 Å². The fourth-order valence-electron chi connectivity index (χ4n) is 2.48. The molecule has 0 saturated heterocycles. The van der Waals surface area contributed by atoms with Gasteiger partial charge in [-0.15, -0.1) is 0 Å². The number of hydrogen-bond acceptors (Lipinski definition) is 3. The van der Waals surface area contributed by atoms with Gasteiger partial charge in [0.15, 0.2) is 0 Å². The van der Waals surface area contributed by atoms with Gasteiger partial charge in [-0.25, -0.2) is 4.79 Å². The summed E-state index contributed by atoms with van der Waals surface area (Å²) in [7, 11) is 0. The molecular weight excluding hydrogens is 306 g/mol. The molecule has 124 valence electrons. The van der Waals surface area contributed by atoms with Crippen LogP contribution in [0.4, 0.5) is 0 Å². The Morgan fingerprint density at radius 1 is 1.00 bits per heavy atom. The molecule has 3 rings (SSSR count). The maximum absolute atomic E-state index is 11.8. The smallest absolute Gasteiger partial charge is 0.329 e. The second-order valence-corrected chi connectivity index (χ2v) is 5.92. The van der Waals surface area contributed by atoms with Crippen LogP contribution >= 0.6 is 0 Å². The molecule has 0 spiro atoms. The molecule has 5 heteroatoms. The Morgan fingerprint density at radius 3 is 2.21 bits per heavy atom. The molecule has 2 aromatic rings. The number of carboxylic acid groups (broad SMARTS) is 1. The number of hydrogen-bond donors (Lipinski definition) is 2. The molecule has 2 N–H and O–H groups in total. The first-order valence-electron chi connectivity index (χ1n) is 7.92. The lowest BCUT2D eigenvalue weighted by Gasteiger charge is -2.12. The summed E-state index contributed by atoms with van der Waals surface area (Å²) < 4.78 is 5.55. The number of ether oxygens (including phenoxy) is 1. The average molecular weight is 325 g/mol. The predicted octanol–water partition coefficient (Wildman–Crippen LogP) is 2.86. The van der Waals surface area contributed by atoms with Gasteiger partial charge in [0.25, 0.3) is 0 Å². The van der Waals surface area contributed by atoms with Crippen molar-refractivity contribution in [3.05, 3.63) is 54.6 Å². The monoisotopic (exact) mass is 325 g/mol. The van der Waals surface area contributed by atoms with E-state index >= 15 is 0 Å². The molecule has 1 amide bonds. The normalized spacial score (nSPS) is 14.7. The number of benzene rings is 2. The number of carbonyl (C=O) groups is 2. The van der Waals surface area contributed by atoms with E-state index in [-0.39, 0.29) is 18.9 Å². The Labute approximate surface area is 140 Å². The molecule has 5 nitrogen and oxygen atoms in total. The van der Waals surface area contributed by atoms with Crippen LogP contribution in [0.3, 0.4) is 0 Å². The van der Waals surface area contributed by atoms with Crippen LogP contribution in [0.1, 0.15) is 19.3 Å². The van der Waals surface area contributed by atoms with Crippen molar-refractivity contribution in [2.75, 3.05) is 6.61 Å². The summed E-state index contributed by atoms with van der Waals surface area (Å²) in [6.45, 7) is 0.215. The molecule has 0 aliphatic heterocycles. The van der Waals surface area contributed by atoms with E-state index in [0.717, 1.165) is 11.1 Å². The van der Waals surface area contributed by atoms with Gasteiger partial charge in [0, 0.05) is 0 Å². The van der Waals surface area contributed by atoms with Crippen LogP contribution < -0.4 is 10.1 Å². The van der Waals surface area contributed by atoms with Crippen molar-refractivity contribution in [3.8, 4) is 16.9 Å². The van der Waals surface area contributed by atoms with Crippen LogP contribution in [0.15, 0.2) is 54.6 Å². The molecular formula is C19H19NO4. The van der Waals surface area contributed by atoms with E-state index in [1.807, 2.05) is 54.6 Å². The summed E-state index contributed by atoms with van der Waals surface area (Å²) in [5.74, 6) is -0.578. The topological polar surface area (TPSA) is 75.6 Å². The Morgan fingerprint density at radius 2 is 1.62 bits per heavy atom. The highest BCUT2D eigenvalue weighted by molar-refractivity contribution is 5.89. The van der Waals surface area contributed by atoms with Gasteiger partial charge in [-0.1, -0.05) is 42.5 Å². The zero-order chi connectivity index (χ0) is 17.0. The molecule has 1 saturated carbocycles. The van der Waals surface area contributed by atoms with Crippen molar-refractivity contribution in [2.24, 2.45) is 0 Å². The largest absolute Gasteiger partial charge is 0.493 e. The average Bonchev–Trinajstić information content (AvgIpc) is 3.37. The highest BCUT2D eigenvalue weighted by atomic mass is 16.5. The van der Waals surface area contributed by atoms with Crippen molar-refractivity contribution < 1.29 is 19.4 Å². The van der Waals surface area contributed by atoms with E-state index in [1.54, 1.807) is 0 Å². The lowest BCUT2D eigenvalue weighted by molar-refractivity contribution is -0.143. The van der Waals surface area contributed by atoms with Crippen LogP contribution in [0, 0.1) is 0 Å². The minimum atomic E-state index is -1.03. The van der Waals surface area contributed by atoms with E-state index < -0.39 is 11.5 Å². The number of carboxylic acids is 1. The van der Waals surface area contributed by atoms with Gasteiger partial charge in [-0.3, -0.25) is 4.79 Å². The van der Waals surface area contributed by atoms with Crippen molar-refractivity contribution in [3.63, 3.8) is 0 Å². The fraction of sp³-hybridized carbons (Fsp3) is 0.263. The van der Waals surface area contributed by atoms with Gasteiger partial charge in [0.2, 0.25) is 5.91 Å². The molecule has 1 fully saturated rings. The van der Waals surface area contributed by atoms with E-state index in [2.05, 4.69) is 5.32 Å². The number of carbonyl (C=O) groups excluding carboxylic acids is 1. The van der Waals surface area contributed by atoms with Gasteiger partial charge < -0.3 is 15.2 Å². The highest BCUT2D eigenvalue weighted by Crippen LogP contribution is 2.35. The summed E-state index contributed by atoms with van der Waals surface area (Å²) in [6, 6.07) is 17.7. The molecule has 0 atom stereocenters. The first kappa shape index (κ1) is 16.1. The molecule has 1 aliphatic carbocycles. The summed E-state index contributed by atoms with van der Waals surface area (Å²) in [5, 5.41) is 11.6. The van der Waals surface area contributed by atoms with E-state index in [1.165, 1.54) is 0 Å². The van der Waals surface area contributed by atoms with E-state index in [9.17, 15) is 9.59 Å². The summed E-state index contributed by atoms with van der Waals surface area (Å²) in [4.78, 5) is 22.8. The second-order valence-electron chi connectivity index (χ2n) is 5.92. The summed E-state index contributed by atoms with van der Waals surface area (Å²) in [6.07, 6.45) is 1.13. The molecule has 0 radical (unpaired) electrons. The number of amides is 1. The van der Waals surface area contributed by atoms with Crippen LogP contribution in [-0.2, 0) is 9.59 Å². The van der Waals surface area contributed by atoms with Crippen molar-refractivity contribution in [1.29, 1.82) is 0 Å². The van der Waals surface area contributed by atoms with Crippen molar-refractivity contribution in [1.82, 2.24) is 5.32 Å². The Kier molecular flexibility index (Phi) is 4.51. The third-order valence-electron chi connectivity index (χ3n) is 4.10. The van der Waals surface area contributed by atoms with Crippen LogP contribution in [-0.4, -0.2) is 29.1 Å². The first-order chi connectivity index (χ1) is 11.6. The number of rotatable bonds is 7. The van der Waals surface area contributed by atoms with Crippen molar-refractivity contribution in [2.45, 2.75) is 24.8 Å². The Bertz CT molecular complexity index is 721. The second kappa shape index (κ2) is 6.74. The standard InChI is InChI=1S/C19H19NO4/c21-17(20-19(11-12-19)18(22)23)10-13-24-16-8-6-15(7-9-16)14-4-2-1-3-5-14/h1-9H,10-13H2,(H,20,21)(H,22,23). The van der Waals surface area contributed by atoms with Gasteiger partial charge in [0.1, 0.15) is 11.3 Å². The molecule has 0 bridgehead atoms. The SMILES string of the molecule is O=C(CCOc1ccc(-c2ccccc2)cc1)NC1(C(=O)O)CC1. The molecule has 0 heterocycles. The van der Waals surface area contributed by atoms with E-state index in [4.69, 9.17) is 9.84 Å². The lowest BCUT2D eigenvalue weighted by atomic mass is 10.1. The van der Waals surface area contributed by atoms with Gasteiger partial charge in [-0.2, -0.15) is 0 Å². The molecule has 0 aromatic heterocycles. The van der Waals surface area contributed by atoms with Crippen LogP contribution in [0.5, 0.6) is 5.75 Å². The molecule has 24 heavy (non-hydrogen) atoms. The Hall–Kier alpha value is -2.82. The zero-order valence-electron chi connectivity index (χ0n) is 13.2. The fourth-order valence-corrected chi connectivity index (χ4v) is 2.48. The highest BCUT2D eigenvalue weighted by Gasteiger charge is 2.51. The maximum atomic E-state index is 11.8. The lowest BCUT2D eigenvalue weighted by Crippen LogP contribution is -2.43. The minimum Gasteiger partial charge on any atom is -0.493 e. The first-order valence-corrected chi connectivity index (χ1v) is 7.92. The molecule has 2 aromatic carbocycles. The van der Waals surface area contributed by atoms with Crippen molar-refractivity contribution >= 4 is 11.9 Å². The van der Waals surface area contributed by atoms with Crippen LogP contribution in [0.25, 0.3) is 11.1 Å². The van der Waals surface area contributed by atoms with Gasteiger partial charge in [-0.05, 0) is 36.1 Å². The third kappa shape index (κ3) is 3.74. The number of aliphatic carboxylic acids is 1. The predicted molar refractivity (Wildman–Crippen MR) is 89.7 cm³/mol. The number of nitrogens with one attached hydrogen (secondary N) is 1.